The molecule has 1 aromatic carbocycles. The zero-order valence-corrected chi connectivity index (χ0v) is 18.0. The maximum Gasteiger partial charge on any atom is 0.226 e. The van der Waals surface area contributed by atoms with Crippen molar-refractivity contribution in [2.75, 3.05) is 25.0 Å². The van der Waals surface area contributed by atoms with Crippen LogP contribution in [0.3, 0.4) is 0 Å². The molecule has 5 nitrogen and oxygen atoms in total. The van der Waals surface area contributed by atoms with Crippen molar-refractivity contribution in [3.8, 4) is 5.75 Å². The molecular formula is C22H31N3O2S. The lowest BCUT2D eigenvalue weighted by Crippen LogP contribution is -2.32. The number of nitrogens with one attached hydrogen (secondary N) is 1. The first-order chi connectivity index (χ1) is 13.5. The number of carbonyl (C=O) groups is 1. The Labute approximate surface area is 172 Å². The molecule has 1 amide bonds. The fraction of sp³-hybridized carbons (Fsp3) is 0.545. The lowest BCUT2D eigenvalue weighted by molar-refractivity contribution is -0.116. The molecule has 0 atom stereocenters. The number of piperidine rings is 1. The van der Waals surface area contributed by atoms with Gasteiger partial charge < -0.3 is 10.1 Å². The lowest BCUT2D eigenvalue weighted by atomic mass is 9.99. The summed E-state index contributed by atoms with van der Waals surface area (Å²) in [4.78, 5) is 20.5. The number of nitrogens with zero attached hydrogens (tertiary/aromatic N) is 2. The van der Waals surface area contributed by atoms with Gasteiger partial charge >= 0.3 is 0 Å². The molecule has 3 rings (SSSR count). The molecule has 0 saturated carbocycles. The first kappa shape index (κ1) is 20.8. The Hall–Kier alpha value is -1.92. The van der Waals surface area contributed by atoms with E-state index in [4.69, 9.17) is 4.74 Å². The molecule has 0 aliphatic carbocycles. The van der Waals surface area contributed by atoms with Gasteiger partial charge in [-0.05, 0) is 63.7 Å². The summed E-state index contributed by atoms with van der Waals surface area (Å²) in [5.74, 6) is 1.72. The number of hydrogen-bond donors (Lipinski definition) is 1. The molecule has 0 radical (unpaired) electrons. The van der Waals surface area contributed by atoms with Crippen molar-refractivity contribution < 1.29 is 9.53 Å². The van der Waals surface area contributed by atoms with E-state index in [2.05, 4.69) is 22.1 Å². The van der Waals surface area contributed by atoms with Gasteiger partial charge in [-0.15, -0.1) is 11.3 Å². The van der Waals surface area contributed by atoms with E-state index in [1.54, 1.807) is 11.3 Å². The zero-order chi connectivity index (χ0) is 19.9. The molecule has 1 aliphatic rings. The minimum Gasteiger partial charge on any atom is -0.493 e. The van der Waals surface area contributed by atoms with Gasteiger partial charge in [-0.25, -0.2) is 4.98 Å². The molecule has 28 heavy (non-hydrogen) atoms. The number of benzene rings is 1. The molecule has 2 aromatic rings. The summed E-state index contributed by atoms with van der Waals surface area (Å²) in [7, 11) is 0. The number of anilines is 1. The summed E-state index contributed by atoms with van der Waals surface area (Å²) in [6.07, 6.45) is 3.66. The van der Waals surface area contributed by atoms with E-state index >= 15 is 0 Å². The van der Waals surface area contributed by atoms with Crippen molar-refractivity contribution in [2.24, 2.45) is 5.92 Å². The van der Waals surface area contributed by atoms with Gasteiger partial charge in [0.1, 0.15) is 5.75 Å². The fourth-order valence-corrected chi connectivity index (χ4v) is 4.39. The zero-order valence-electron chi connectivity index (χ0n) is 17.2. The molecule has 1 N–H and O–H groups in total. The minimum atomic E-state index is 0.000445. The Kier molecular flexibility index (Phi) is 7.45. The SMILES string of the molecule is Cc1ccccc1OCCCC(=O)Nc1nc(C)c(CN2CCC(C)CC2)s1. The molecular weight excluding hydrogens is 370 g/mol. The van der Waals surface area contributed by atoms with Gasteiger partial charge in [-0.2, -0.15) is 0 Å². The molecule has 1 aliphatic heterocycles. The van der Waals surface area contributed by atoms with E-state index < -0.39 is 0 Å². The topological polar surface area (TPSA) is 54.5 Å². The average Bonchev–Trinajstić information content (AvgIpc) is 3.01. The van der Waals surface area contributed by atoms with Gasteiger partial charge in [-0.1, -0.05) is 25.1 Å². The van der Waals surface area contributed by atoms with Gasteiger partial charge in [0.25, 0.3) is 0 Å². The van der Waals surface area contributed by atoms with Crippen LogP contribution in [-0.2, 0) is 11.3 Å². The third-order valence-electron chi connectivity index (χ3n) is 5.28. The number of hydrogen-bond acceptors (Lipinski definition) is 5. The highest BCUT2D eigenvalue weighted by atomic mass is 32.1. The second-order valence-electron chi connectivity index (χ2n) is 7.75. The second-order valence-corrected chi connectivity index (χ2v) is 8.84. The van der Waals surface area contributed by atoms with Gasteiger partial charge in [-0.3, -0.25) is 9.69 Å². The van der Waals surface area contributed by atoms with Crippen molar-refractivity contribution in [3.05, 3.63) is 40.4 Å². The van der Waals surface area contributed by atoms with Crippen LogP contribution in [0, 0.1) is 19.8 Å². The summed E-state index contributed by atoms with van der Waals surface area (Å²) >= 11 is 1.60. The van der Waals surface area contributed by atoms with E-state index in [0.717, 1.165) is 42.6 Å². The highest BCUT2D eigenvalue weighted by Crippen LogP contribution is 2.26. The first-order valence-electron chi connectivity index (χ1n) is 10.2. The van der Waals surface area contributed by atoms with Gasteiger partial charge in [0, 0.05) is 17.8 Å². The summed E-state index contributed by atoms with van der Waals surface area (Å²) < 4.78 is 5.75. The summed E-state index contributed by atoms with van der Waals surface area (Å²) in [6, 6.07) is 7.93. The standard InChI is InChI=1S/C22H31N3O2S/c1-16-10-12-25(13-11-16)15-20-18(3)23-22(28-20)24-21(26)9-6-14-27-19-8-5-4-7-17(19)2/h4-5,7-8,16H,6,9-15H2,1-3H3,(H,23,24,26). The molecule has 2 heterocycles. The molecule has 0 unspecified atom stereocenters. The second kappa shape index (κ2) is 10.0. The molecule has 152 valence electrons. The molecule has 0 bridgehead atoms. The minimum absolute atomic E-state index is 0.000445. The third kappa shape index (κ3) is 6.04. The van der Waals surface area contributed by atoms with E-state index in [1.165, 1.54) is 17.7 Å². The van der Waals surface area contributed by atoms with Crippen LogP contribution in [0.4, 0.5) is 5.13 Å². The van der Waals surface area contributed by atoms with Crippen LogP contribution in [0.15, 0.2) is 24.3 Å². The number of aromatic nitrogens is 1. The van der Waals surface area contributed by atoms with Crippen molar-refractivity contribution in [1.82, 2.24) is 9.88 Å². The highest BCUT2D eigenvalue weighted by Gasteiger charge is 2.18. The summed E-state index contributed by atoms with van der Waals surface area (Å²) in [5, 5.41) is 3.66. The predicted molar refractivity (Wildman–Crippen MR) is 115 cm³/mol. The van der Waals surface area contributed by atoms with E-state index in [-0.39, 0.29) is 5.91 Å². The van der Waals surface area contributed by atoms with Crippen molar-refractivity contribution >= 4 is 22.4 Å². The first-order valence-corrected chi connectivity index (χ1v) is 11.0. The number of likely N-dealkylation sites (tertiary alicyclic amines) is 1. The number of aryl methyl sites for hydroxylation is 2. The molecule has 0 spiro atoms. The van der Waals surface area contributed by atoms with Gasteiger partial charge in [0.15, 0.2) is 5.13 Å². The lowest BCUT2D eigenvalue weighted by Gasteiger charge is -2.29. The maximum atomic E-state index is 12.2. The monoisotopic (exact) mass is 401 g/mol. The van der Waals surface area contributed by atoms with Gasteiger partial charge in [0.05, 0.1) is 12.3 Å². The van der Waals surface area contributed by atoms with E-state index in [1.807, 2.05) is 38.1 Å². The summed E-state index contributed by atoms with van der Waals surface area (Å²) in [6.45, 7) is 10.2. The fourth-order valence-electron chi connectivity index (χ4n) is 3.37. The van der Waals surface area contributed by atoms with Crippen LogP contribution in [0.1, 0.15) is 48.7 Å². The third-order valence-corrected chi connectivity index (χ3v) is 6.34. The Morgan fingerprint density at radius 3 is 2.79 bits per heavy atom. The van der Waals surface area contributed by atoms with Crippen LogP contribution in [0.2, 0.25) is 0 Å². The van der Waals surface area contributed by atoms with Crippen LogP contribution in [0.25, 0.3) is 0 Å². The Bertz CT molecular complexity index is 782. The Balaban J connectivity index is 1.41. The number of carbonyl (C=O) groups excluding carboxylic acids is 1. The number of thiazole rings is 1. The average molecular weight is 402 g/mol. The van der Waals surface area contributed by atoms with Gasteiger partial charge in [0.2, 0.25) is 5.91 Å². The number of ether oxygens (including phenoxy) is 1. The van der Waals surface area contributed by atoms with Crippen molar-refractivity contribution in [1.29, 1.82) is 0 Å². The molecule has 1 fully saturated rings. The molecule has 1 aromatic heterocycles. The number of amides is 1. The quantitative estimate of drug-likeness (QED) is 0.646. The van der Waals surface area contributed by atoms with E-state index in [9.17, 15) is 4.79 Å². The predicted octanol–water partition coefficient (Wildman–Crippen LogP) is 4.79. The summed E-state index contributed by atoms with van der Waals surface area (Å²) in [5.41, 5.74) is 2.14. The smallest absolute Gasteiger partial charge is 0.226 e. The number of rotatable bonds is 8. The van der Waals surface area contributed by atoms with Crippen molar-refractivity contribution in [2.45, 2.75) is 53.0 Å². The highest BCUT2D eigenvalue weighted by molar-refractivity contribution is 7.15. The normalized spacial score (nSPS) is 15.5. The number of para-hydroxylation sites is 1. The van der Waals surface area contributed by atoms with Crippen LogP contribution in [-0.4, -0.2) is 35.5 Å². The van der Waals surface area contributed by atoms with Crippen molar-refractivity contribution in [3.63, 3.8) is 0 Å². The van der Waals surface area contributed by atoms with Crippen LogP contribution in [0.5, 0.6) is 5.75 Å². The maximum absolute atomic E-state index is 12.2. The largest absolute Gasteiger partial charge is 0.493 e. The van der Waals surface area contributed by atoms with Crippen LogP contribution >= 0.6 is 11.3 Å². The Morgan fingerprint density at radius 1 is 1.29 bits per heavy atom. The Morgan fingerprint density at radius 2 is 2.04 bits per heavy atom. The van der Waals surface area contributed by atoms with Crippen LogP contribution < -0.4 is 10.1 Å². The molecule has 6 heteroatoms. The molecule has 1 saturated heterocycles. The van der Waals surface area contributed by atoms with E-state index in [0.29, 0.717) is 24.6 Å².